The molecule has 2 rings (SSSR count). The standard InChI is InChI=1S/C15H15F2NO3/c16-12-6-5-9(7-13(12)17)8-18-14(19)10-3-1-2-4-11(10)15(20)21/h1-2,5-7,10-11H,3-4,8H2,(H,18,19)(H,20,21). The van der Waals surface area contributed by atoms with Gasteiger partial charge in [0.25, 0.3) is 0 Å². The van der Waals surface area contributed by atoms with Crippen molar-refractivity contribution in [1.82, 2.24) is 5.32 Å². The molecule has 0 heterocycles. The molecule has 2 N–H and O–H groups in total. The van der Waals surface area contributed by atoms with Crippen LogP contribution in [-0.2, 0) is 16.1 Å². The summed E-state index contributed by atoms with van der Waals surface area (Å²) >= 11 is 0. The fourth-order valence-corrected chi connectivity index (χ4v) is 2.35. The number of aliphatic carboxylic acids is 1. The van der Waals surface area contributed by atoms with Gasteiger partial charge in [0.1, 0.15) is 0 Å². The summed E-state index contributed by atoms with van der Waals surface area (Å²) in [5, 5.41) is 11.7. The van der Waals surface area contributed by atoms with E-state index in [-0.39, 0.29) is 6.54 Å². The molecule has 0 saturated heterocycles. The Bertz CT molecular complexity index is 586. The Morgan fingerprint density at radius 3 is 2.43 bits per heavy atom. The third kappa shape index (κ3) is 3.65. The minimum Gasteiger partial charge on any atom is -0.481 e. The predicted molar refractivity (Wildman–Crippen MR) is 71.2 cm³/mol. The minimum atomic E-state index is -1.01. The summed E-state index contributed by atoms with van der Waals surface area (Å²) < 4.78 is 25.8. The number of benzene rings is 1. The van der Waals surface area contributed by atoms with Gasteiger partial charge in [-0.15, -0.1) is 0 Å². The maximum Gasteiger partial charge on any atom is 0.307 e. The number of rotatable bonds is 4. The monoisotopic (exact) mass is 295 g/mol. The van der Waals surface area contributed by atoms with E-state index in [2.05, 4.69) is 5.32 Å². The molecule has 0 saturated carbocycles. The van der Waals surface area contributed by atoms with Crippen LogP contribution in [0.15, 0.2) is 30.4 Å². The van der Waals surface area contributed by atoms with Gasteiger partial charge in [-0.2, -0.15) is 0 Å². The predicted octanol–water partition coefficient (Wildman–Crippen LogP) is 2.25. The first kappa shape index (κ1) is 15.2. The van der Waals surface area contributed by atoms with E-state index in [9.17, 15) is 18.4 Å². The zero-order valence-corrected chi connectivity index (χ0v) is 11.2. The number of amides is 1. The zero-order chi connectivity index (χ0) is 15.4. The molecule has 2 unspecified atom stereocenters. The molecule has 6 heteroatoms. The average Bonchev–Trinajstić information content (AvgIpc) is 2.48. The Morgan fingerprint density at radius 2 is 1.81 bits per heavy atom. The zero-order valence-electron chi connectivity index (χ0n) is 11.2. The number of hydrogen-bond acceptors (Lipinski definition) is 2. The third-order valence-corrected chi connectivity index (χ3v) is 3.54. The second-order valence-corrected chi connectivity index (χ2v) is 4.96. The van der Waals surface area contributed by atoms with E-state index < -0.39 is 35.3 Å². The Morgan fingerprint density at radius 1 is 1.14 bits per heavy atom. The Balaban J connectivity index is 1.99. The van der Waals surface area contributed by atoms with Crippen LogP contribution in [0.2, 0.25) is 0 Å². The fraction of sp³-hybridized carbons (Fsp3) is 0.333. The van der Waals surface area contributed by atoms with Gasteiger partial charge in [0.05, 0.1) is 11.8 Å². The highest BCUT2D eigenvalue weighted by molar-refractivity contribution is 5.85. The van der Waals surface area contributed by atoms with Crippen molar-refractivity contribution in [1.29, 1.82) is 0 Å². The first-order valence-electron chi connectivity index (χ1n) is 6.58. The summed E-state index contributed by atoms with van der Waals surface area (Å²) in [5.74, 6) is -4.72. The molecule has 0 fully saturated rings. The SMILES string of the molecule is O=C(O)C1CC=CCC1C(=O)NCc1ccc(F)c(F)c1. The lowest BCUT2D eigenvalue weighted by Crippen LogP contribution is -2.38. The maximum absolute atomic E-state index is 13.1. The van der Waals surface area contributed by atoms with Crippen LogP contribution < -0.4 is 5.32 Å². The van der Waals surface area contributed by atoms with Crippen LogP contribution in [0, 0.1) is 23.5 Å². The second kappa shape index (κ2) is 6.47. The maximum atomic E-state index is 13.1. The molecule has 1 aliphatic carbocycles. The third-order valence-electron chi connectivity index (χ3n) is 3.54. The van der Waals surface area contributed by atoms with Gasteiger partial charge in [0, 0.05) is 6.54 Å². The molecule has 1 aliphatic rings. The second-order valence-electron chi connectivity index (χ2n) is 4.96. The molecule has 0 bridgehead atoms. The normalized spacial score (nSPS) is 21.0. The number of carbonyl (C=O) groups excluding carboxylic acids is 1. The van der Waals surface area contributed by atoms with Crippen molar-refractivity contribution < 1.29 is 23.5 Å². The number of carboxylic acid groups (broad SMARTS) is 1. The van der Waals surface area contributed by atoms with E-state index >= 15 is 0 Å². The van der Waals surface area contributed by atoms with Crippen molar-refractivity contribution >= 4 is 11.9 Å². The topological polar surface area (TPSA) is 66.4 Å². The summed E-state index contributed by atoms with van der Waals surface area (Å²) in [4.78, 5) is 23.2. The van der Waals surface area contributed by atoms with Crippen LogP contribution in [0.5, 0.6) is 0 Å². The highest BCUT2D eigenvalue weighted by atomic mass is 19.2. The fourth-order valence-electron chi connectivity index (χ4n) is 2.35. The van der Waals surface area contributed by atoms with Crippen molar-refractivity contribution in [2.24, 2.45) is 11.8 Å². The Kier molecular flexibility index (Phi) is 4.67. The van der Waals surface area contributed by atoms with E-state index in [0.717, 1.165) is 12.1 Å². The summed E-state index contributed by atoms with van der Waals surface area (Å²) in [6.45, 7) is 0.0303. The lowest BCUT2D eigenvalue weighted by molar-refractivity contribution is -0.147. The van der Waals surface area contributed by atoms with Gasteiger partial charge in [-0.25, -0.2) is 8.78 Å². The molecule has 1 aromatic carbocycles. The lowest BCUT2D eigenvalue weighted by atomic mass is 9.82. The molecule has 0 aliphatic heterocycles. The highest BCUT2D eigenvalue weighted by Crippen LogP contribution is 2.26. The van der Waals surface area contributed by atoms with Crippen LogP contribution >= 0.6 is 0 Å². The van der Waals surface area contributed by atoms with E-state index in [1.54, 1.807) is 12.2 Å². The molecule has 1 amide bonds. The molecule has 0 spiro atoms. The molecule has 4 nitrogen and oxygen atoms in total. The van der Waals surface area contributed by atoms with Gasteiger partial charge in [-0.1, -0.05) is 18.2 Å². The summed E-state index contributed by atoms with van der Waals surface area (Å²) in [6, 6.07) is 3.36. The number of carboxylic acids is 1. The number of carbonyl (C=O) groups is 2. The van der Waals surface area contributed by atoms with Crippen LogP contribution in [0.3, 0.4) is 0 Å². The van der Waals surface area contributed by atoms with Crippen molar-refractivity contribution in [3.63, 3.8) is 0 Å². The molecular formula is C15H15F2NO3. The Hall–Kier alpha value is -2.24. The largest absolute Gasteiger partial charge is 0.481 e. The number of hydrogen-bond donors (Lipinski definition) is 2. The molecule has 1 aromatic rings. The first-order chi connectivity index (χ1) is 9.99. The first-order valence-corrected chi connectivity index (χ1v) is 6.58. The van der Waals surface area contributed by atoms with Gasteiger partial charge >= 0.3 is 5.97 Å². The van der Waals surface area contributed by atoms with E-state index in [1.165, 1.54) is 6.07 Å². The van der Waals surface area contributed by atoms with Gasteiger partial charge in [0.2, 0.25) is 5.91 Å². The number of allylic oxidation sites excluding steroid dienone is 2. The van der Waals surface area contributed by atoms with Crippen molar-refractivity contribution in [2.75, 3.05) is 0 Å². The van der Waals surface area contributed by atoms with Crippen molar-refractivity contribution in [3.8, 4) is 0 Å². The van der Waals surface area contributed by atoms with E-state index in [0.29, 0.717) is 18.4 Å². The number of halogens is 2. The molecular weight excluding hydrogens is 280 g/mol. The van der Waals surface area contributed by atoms with Crippen LogP contribution in [0.1, 0.15) is 18.4 Å². The molecule has 21 heavy (non-hydrogen) atoms. The molecule has 0 radical (unpaired) electrons. The molecule has 0 aromatic heterocycles. The van der Waals surface area contributed by atoms with Crippen LogP contribution in [0.4, 0.5) is 8.78 Å². The summed E-state index contributed by atoms with van der Waals surface area (Å²) in [5.41, 5.74) is 0.417. The van der Waals surface area contributed by atoms with Gasteiger partial charge < -0.3 is 10.4 Å². The Labute approximate surface area is 120 Å². The van der Waals surface area contributed by atoms with Gasteiger partial charge in [-0.3, -0.25) is 9.59 Å². The van der Waals surface area contributed by atoms with Crippen LogP contribution in [-0.4, -0.2) is 17.0 Å². The van der Waals surface area contributed by atoms with Gasteiger partial charge in [0.15, 0.2) is 11.6 Å². The quantitative estimate of drug-likeness (QED) is 0.837. The summed E-state index contributed by atoms with van der Waals surface area (Å²) in [7, 11) is 0. The number of nitrogens with one attached hydrogen (secondary N) is 1. The van der Waals surface area contributed by atoms with Gasteiger partial charge in [-0.05, 0) is 30.5 Å². The highest BCUT2D eigenvalue weighted by Gasteiger charge is 2.33. The summed E-state index contributed by atoms with van der Waals surface area (Å²) in [6.07, 6.45) is 4.21. The van der Waals surface area contributed by atoms with E-state index in [4.69, 9.17) is 5.11 Å². The van der Waals surface area contributed by atoms with Crippen LogP contribution in [0.25, 0.3) is 0 Å². The van der Waals surface area contributed by atoms with Crippen molar-refractivity contribution in [3.05, 3.63) is 47.5 Å². The average molecular weight is 295 g/mol. The molecule has 2 atom stereocenters. The lowest BCUT2D eigenvalue weighted by Gasteiger charge is -2.24. The van der Waals surface area contributed by atoms with Crippen molar-refractivity contribution in [2.45, 2.75) is 19.4 Å². The van der Waals surface area contributed by atoms with E-state index in [1.807, 2.05) is 0 Å². The smallest absolute Gasteiger partial charge is 0.307 e. The minimum absolute atomic E-state index is 0.0303. The molecule has 112 valence electrons.